The Balaban J connectivity index is 2.26. The van der Waals surface area contributed by atoms with E-state index in [2.05, 4.69) is 28.7 Å². The summed E-state index contributed by atoms with van der Waals surface area (Å²) in [5.74, 6) is 0.831. The lowest BCUT2D eigenvalue weighted by molar-refractivity contribution is 0.0297. The molecule has 1 aromatic heterocycles. The highest BCUT2D eigenvalue weighted by atomic mass is 16.5. The minimum absolute atomic E-state index is 0.220. The van der Waals surface area contributed by atoms with E-state index in [1.54, 1.807) is 12.5 Å². The Morgan fingerprint density at radius 2 is 2.44 bits per heavy atom. The number of aromatic nitrogens is 2. The van der Waals surface area contributed by atoms with Gasteiger partial charge in [0.05, 0.1) is 30.6 Å². The first kappa shape index (κ1) is 11.1. The number of rotatable bonds is 2. The minimum Gasteiger partial charge on any atom is -0.394 e. The van der Waals surface area contributed by atoms with E-state index in [0.717, 1.165) is 25.4 Å². The van der Waals surface area contributed by atoms with Crippen molar-refractivity contribution in [3.8, 4) is 0 Å². The highest BCUT2D eigenvalue weighted by Gasteiger charge is 2.27. The van der Waals surface area contributed by atoms with E-state index >= 15 is 0 Å². The Hall–Kier alpha value is -1.36. The van der Waals surface area contributed by atoms with Crippen LogP contribution in [0.25, 0.3) is 0 Å². The highest BCUT2D eigenvalue weighted by molar-refractivity contribution is 5.61. The molecule has 1 aliphatic heterocycles. The van der Waals surface area contributed by atoms with Crippen molar-refractivity contribution in [2.75, 3.05) is 23.8 Å². The second-order valence-electron chi connectivity index (χ2n) is 4.16. The van der Waals surface area contributed by atoms with Crippen LogP contribution in [0.5, 0.6) is 0 Å². The second-order valence-corrected chi connectivity index (χ2v) is 4.16. The summed E-state index contributed by atoms with van der Waals surface area (Å²) < 4.78 is 5.65. The Kier molecular flexibility index (Phi) is 3.24. The molecular formula is C11H18N4O. The van der Waals surface area contributed by atoms with Crippen molar-refractivity contribution in [3.63, 3.8) is 0 Å². The molecule has 2 atom stereocenters. The summed E-state index contributed by atoms with van der Waals surface area (Å²) in [6.45, 7) is 5.78. The molecule has 2 N–H and O–H groups in total. The number of nitrogens with zero attached hydrogens (tertiary/aromatic N) is 3. The molecule has 1 saturated heterocycles. The lowest BCUT2D eigenvalue weighted by atomic mass is 10.1. The van der Waals surface area contributed by atoms with Crippen LogP contribution in [0.4, 0.5) is 11.5 Å². The van der Waals surface area contributed by atoms with E-state index in [0.29, 0.717) is 11.7 Å². The number of hydrogen-bond acceptors (Lipinski definition) is 5. The summed E-state index contributed by atoms with van der Waals surface area (Å²) in [7, 11) is 0. The molecule has 1 fully saturated rings. The normalized spacial score (nSPS) is 25.8. The lowest BCUT2D eigenvalue weighted by Gasteiger charge is -2.39. The van der Waals surface area contributed by atoms with Gasteiger partial charge in [-0.05, 0) is 13.3 Å². The van der Waals surface area contributed by atoms with E-state index in [-0.39, 0.29) is 6.10 Å². The molecule has 1 aliphatic rings. The summed E-state index contributed by atoms with van der Waals surface area (Å²) in [5.41, 5.74) is 6.54. The number of ether oxygens (including phenoxy) is 1. The van der Waals surface area contributed by atoms with Crippen molar-refractivity contribution < 1.29 is 4.74 Å². The Morgan fingerprint density at radius 1 is 1.62 bits per heavy atom. The molecule has 0 aliphatic carbocycles. The van der Waals surface area contributed by atoms with Gasteiger partial charge < -0.3 is 15.4 Å². The molecule has 0 saturated carbocycles. The number of nitrogen functional groups attached to an aromatic ring is 1. The Bertz CT molecular complexity index is 358. The number of nitrogens with two attached hydrogens (primary N) is 1. The third kappa shape index (κ3) is 2.09. The first-order valence-electron chi connectivity index (χ1n) is 5.66. The SMILES string of the molecule is CCC1COC(C)CN1c1ncncc1N. The molecule has 0 radical (unpaired) electrons. The maximum atomic E-state index is 5.91. The van der Waals surface area contributed by atoms with Crippen LogP contribution < -0.4 is 10.6 Å². The molecule has 0 spiro atoms. The van der Waals surface area contributed by atoms with Gasteiger partial charge in [0, 0.05) is 6.54 Å². The van der Waals surface area contributed by atoms with Crippen LogP contribution in [0.3, 0.4) is 0 Å². The molecule has 88 valence electrons. The zero-order valence-corrected chi connectivity index (χ0v) is 9.76. The lowest BCUT2D eigenvalue weighted by Crippen LogP contribution is -2.49. The minimum atomic E-state index is 0.220. The summed E-state index contributed by atoms with van der Waals surface area (Å²) in [4.78, 5) is 10.4. The highest BCUT2D eigenvalue weighted by Crippen LogP contribution is 2.25. The number of anilines is 2. The quantitative estimate of drug-likeness (QED) is 0.810. The van der Waals surface area contributed by atoms with E-state index in [4.69, 9.17) is 10.5 Å². The number of morpholine rings is 1. The molecule has 0 amide bonds. The Morgan fingerprint density at radius 3 is 3.12 bits per heavy atom. The van der Waals surface area contributed by atoms with Crippen molar-refractivity contribution in [3.05, 3.63) is 12.5 Å². The van der Waals surface area contributed by atoms with Gasteiger partial charge >= 0.3 is 0 Å². The van der Waals surface area contributed by atoms with Gasteiger partial charge in [-0.3, -0.25) is 0 Å². The molecule has 16 heavy (non-hydrogen) atoms. The van der Waals surface area contributed by atoms with E-state index in [9.17, 15) is 0 Å². The summed E-state index contributed by atoms with van der Waals surface area (Å²) in [6, 6.07) is 0.355. The van der Waals surface area contributed by atoms with Crippen molar-refractivity contribution in [1.82, 2.24) is 9.97 Å². The zero-order chi connectivity index (χ0) is 11.5. The van der Waals surface area contributed by atoms with Crippen molar-refractivity contribution in [1.29, 1.82) is 0 Å². The fraction of sp³-hybridized carbons (Fsp3) is 0.636. The van der Waals surface area contributed by atoms with Gasteiger partial charge in [0.15, 0.2) is 5.82 Å². The van der Waals surface area contributed by atoms with Crippen molar-refractivity contribution in [2.24, 2.45) is 0 Å². The van der Waals surface area contributed by atoms with Crippen LogP contribution >= 0.6 is 0 Å². The maximum Gasteiger partial charge on any atom is 0.155 e. The Labute approximate surface area is 95.6 Å². The van der Waals surface area contributed by atoms with E-state index in [1.165, 1.54) is 0 Å². The maximum absolute atomic E-state index is 5.91. The summed E-state index contributed by atoms with van der Waals surface area (Å²) in [6.07, 6.45) is 4.43. The molecule has 2 unspecified atom stereocenters. The molecule has 5 nitrogen and oxygen atoms in total. The zero-order valence-electron chi connectivity index (χ0n) is 9.76. The van der Waals surface area contributed by atoms with Crippen LogP contribution in [-0.2, 0) is 4.74 Å². The van der Waals surface area contributed by atoms with Crippen LogP contribution in [0.2, 0.25) is 0 Å². The average Bonchev–Trinajstić information content (AvgIpc) is 2.29. The first-order chi connectivity index (χ1) is 7.72. The van der Waals surface area contributed by atoms with Crippen molar-refractivity contribution >= 4 is 11.5 Å². The predicted molar refractivity (Wildman–Crippen MR) is 63.3 cm³/mol. The van der Waals surface area contributed by atoms with Crippen LogP contribution in [0.1, 0.15) is 20.3 Å². The van der Waals surface area contributed by atoms with Gasteiger partial charge in [0.2, 0.25) is 0 Å². The fourth-order valence-electron chi connectivity index (χ4n) is 2.02. The summed E-state index contributed by atoms with van der Waals surface area (Å²) in [5, 5.41) is 0. The van der Waals surface area contributed by atoms with Gasteiger partial charge in [0.25, 0.3) is 0 Å². The molecule has 5 heteroatoms. The predicted octanol–water partition coefficient (Wildman–Crippen LogP) is 1.06. The van der Waals surface area contributed by atoms with Gasteiger partial charge in [0.1, 0.15) is 6.33 Å². The van der Waals surface area contributed by atoms with Crippen LogP contribution in [-0.4, -0.2) is 35.3 Å². The van der Waals surface area contributed by atoms with Gasteiger partial charge in [-0.15, -0.1) is 0 Å². The van der Waals surface area contributed by atoms with Gasteiger partial charge in [-0.1, -0.05) is 6.92 Å². The third-order valence-corrected chi connectivity index (χ3v) is 2.93. The molecule has 1 aromatic rings. The van der Waals surface area contributed by atoms with E-state index < -0.39 is 0 Å². The second kappa shape index (κ2) is 4.65. The molecule has 2 heterocycles. The van der Waals surface area contributed by atoms with E-state index in [1.807, 2.05) is 0 Å². The monoisotopic (exact) mass is 222 g/mol. The van der Waals surface area contributed by atoms with Gasteiger partial charge in [-0.2, -0.15) is 0 Å². The molecule has 0 bridgehead atoms. The molecular weight excluding hydrogens is 204 g/mol. The van der Waals surface area contributed by atoms with Crippen molar-refractivity contribution in [2.45, 2.75) is 32.4 Å². The third-order valence-electron chi connectivity index (χ3n) is 2.93. The average molecular weight is 222 g/mol. The molecule has 0 aromatic carbocycles. The summed E-state index contributed by atoms with van der Waals surface area (Å²) >= 11 is 0. The van der Waals surface area contributed by atoms with Crippen LogP contribution in [0.15, 0.2) is 12.5 Å². The van der Waals surface area contributed by atoms with Crippen LogP contribution in [0, 0.1) is 0 Å². The topological polar surface area (TPSA) is 64.3 Å². The standard InChI is InChI=1S/C11H18N4O/c1-3-9-6-16-8(2)5-15(9)11-10(12)4-13-7-14-11/h4,7-9H,3,5-6,12H2,1-2H3. The number of hydrogen-bond donors (Lipinski definition) is 1. The molecule has 2 rings (SSSR count). The fourth-order valence-corrected chi connectivity index (χ4v) is 2.02. The largest absolute Gasteiger partial charge is 0.394 e. The van der Waals surface area contributed by atoms with Gasteiger partial charge in [-0.25, -0.2) is 9.97 Å². The smallest absolute Gasteiger partial charge is 0.155 e. The first-order valence-corrected chi connectivity index (χ1v) is 5.66.